The van der Waals surface area contributed by atoms with E-state index in [2.05, 4.69) is 48.2 Å². The molecule has 2 N–H and O–H groups in total. The highest BCUT2D eigenvalue weighted by Crippen LogP contribution is 2.31. The molecule has 1 aliphatic carbocycles. The SMILES string of the molecule is CN=C(NCc1nc(C(C)C)c(C)s1)NC1CN(C2CC2)CC1C.I. The van der Waals surface area contributed by atoms with E-state index in [1.54, 1.807) is 11.3 Å². The van der Waals surface area contributed by atoms with Crippen LogP contribution in [-0.4, -0.2) is 48.1 Å². The van der Waals surface area contributed by atoms with Crippen LogP contribution in [0.4, 0.5) is 0 Å². The molecule has 2 unspecified atom stereocenters. The molecule has 3 rings (SSSR count). The van der Waals surface area contributed by atoms with Gasteiger partial charge in [-0.3, -0.25) is 9.89 Å². The van der Waals surface area contributed by atoms with Gasteiger partial charge in [0.15, 0.2) is 5.96 Å². The van der Waals surface area contributed by atoms with Crippen LogP contribution in [0.25, 0.3) is 0 Å². The number of thiazole rings is 1. The van der Waals surface area contributed by atoms with E-state index in [0.717, 1.165) is 30.1 Å². The Bertz CT molecular complexity index is 596. The third-order valence-corrected chi connectivity index (χ3v) is 6.07. The molecule has 7 heteroatoms. The molecule has 0 radical (unpaired) electrons. The summed E-state index contributed by atoms with van der Waals surface area (Å²) in [6.07, 6.45) is 2.77. The normalized spacial score (nSPS) is 24.5. The topological polar surface area (TPSA) is 52.6 Å². The van der Waals surface area contributed by atoms with E-state index in [9.17, 15) is 0 Å². The van der Waals surface area contributed by atoms with Gasteiger partial charge < -0.3 is 10.6 Å². The summed E-state index contributed by atoms with van der Waals surface area (Å²) >= 11 is 1.79. The maximum Gasteiger partial charge on any atom is 0.191 e. The van der Waals surface area contributed by atoms with Crippen LogP contribution in [0, 0.1) is 12.8 Å². The monoisotopic (exact) mass is 477 g/mol. The Kier molecular flexibility index (Phi) is 7.52. The second-order valence-corrected chi connectivity index (χ2v) is 8.83. The minimum atomic E-state index is 0. The number of hydrogen-bond acceptors (Lipinski definition) is 4. The molecule has 1 saturated heterocycles. The third kappa shape index (κ3) is 5.29. The van der Waals surface area contributed by atoms with Gasteiger partial charge in [0, 0.05) is 37.1 Å². The number of nitrogens with zero attached hydrogens (tertiary/aromatic N) is 3. The van der Waals surface area contributed by atoms with E-state index in [-0.39, 0.29) is 24.0 Å². The zero-order chi connectivity index (χ0) is 17.3. The fourth-order valence-electron chi connectivity index (χ4n) is 3.54. The first-order valence-electron chi connectivity index (χ1n) is 9.15. The van der Waals surface area contributed by atoms with E-state index in [1.165, 1.54) is 30.0 Å². The van der Waals surface area contributed by atoms with Crippen LogP contribution in [-0.2, 0) is 6.54 Å². The largest absolute Gasteiger partial charge is 0.352 e. The van der Waals surface area contributed by atoms with Gasteiger partial charge >= 0.3 is 0 Å². The van der Waals surface area contributed by atoms with E-state index in [4.69, 9.17) is 4.98 Å². The van der Waals surface area contributed by atoms with Crippen molar-refractivity contribution in [2.75, 3.05) is 20.1 Å². The first-order chi connectivity index (χ1) is 11.5. The molecule has 25 heavy (non-hydrogen) atoms. The molecule has 0 bridgehead atoms. The van der Waals surface area contributed by atoms with E-state index in [0.29, 0.717) is 17.9 Å². The van der Waals surface area contributed by atoms with Crippen LogP contribution < -0.4 is 10.6 Å². The number of aromatic nitrogens is 1. The minimum Gasteiger partial charge on any atom is -0.352 e. The summed E-state index contributed by atoms with van der Waals surface area (Å²) in [5.41, 5.74) is 1.23. The van der Waals surface area contributed by atoms with Crippen LogP contribution in [0.2, 0.25) is 0 Å². The summed E-state index contributed by atoms with van der Waals surface area (Å²) in [5, 5.41) is 8.19. The number of likely N-dealkylation sites (tertiary alicyclic amines) is 1. The second-order valence-electron chi connectivity index (χ2n) is 7.54. The Hall–Kier alpha value is -0.410. The fourth-order valence-corrected chi connectivity index (χ4v) is 4.56. The molecule has 1 aromatic heterocycles. The van der Waals surface area contributed by atoms with Crippen molar-refractivity contribution in [2.24, 2.45) is 10.9 Å². The quantitative estimate of drug-likeness (QED) is 0.388. The van der Waals surface area contributed by atoms with Crippen molar-refractivity contribution >= 4 is 41.3 Å². The predicted molar refractivity (Wildman–Crippen MR) is 117 cm³/mol. The van der Waals surface area contributed by atoms with E-state index in [1.807, 2.05) is 7.05 Å². The highest BCUT2D eigenvalue weighted by atomic mass is 127. The molecular weight excluding hydrogens is 445 g/mol. The van der Waals surface area contributed by atoms with Gasteiger partial charge in [-0.2, -0.15) is 0 Å². The van der Waals surface area contributed by atoms with Gasteiger partial charge in [0.25, 0.3) is 0 Å². The van der Waals surface area contributed by atoms with Gasteiger partial charge in [-0.1, -0.05) is 20.8 Å². The predicted octanol–water partition coefficient (Wildman–Crippen LogP) is 3.34. The van der Waals surface area contributed by atoms with E-state index >= 15 is 0 Å². The standard InChI is InChI=1S/C18H31N5S.HI/c1-11(2)17-13(4)24-16(22-17)8-20-18(19-5)21-15-10-23(9-12(15)3)14-6-7-14;/h11-12,14-15H,6-10H2,1-5H3,(H2,19,20,21);1H. The maximum absolute atomic E-state index is 4.77. The zero-order valence-electron chi connectivity index (χ0n) is 16.0. The summed E-state index contributed by atoms with van der Waals surface area (Å²) < 4.78 is 0. The van der Waals surface area contributed by atoms with Gasteiger partial charge in [0.2, 0.25) is 0 Å². The van der Waals surface area contributed by atoms with Crippen LogP contribution in [0.15, 0.2) is 4.99 Å². The van der Waals surface area contributed by atoms with Gasteiger partial charge in [0.1, 0.15) is 5.01 Å². The summed E-state index contributed by atoms with van der Waals surface area (Å²) in [6.45, 7) is 12.0. The molecular formula is C18H32IN5S. The highest BCUT2D eigenvalue weighted by Gasteiger charge is 2.38. The first-order valence-corrected chi connectivity index (χ1v) is 9.97. The van der Waals surface area contributed by atoms with Crippen molar-refractivity contribution in [3.63, 3.8) is 0 Å². The van der Waals surface area contributed by atoms with Crippen molar-refractivity contribution < 1.29 is 0 Å². The van der Waals surface area contributed by atoms with Crippen molar-refractivity contribution in [1.29, 1.82) is 0 Å². The molecule has 1 aromatic rings. The Balaban J connectivity index is 0.00000225. The lowest BCUT2D eigenvalue weighted by Crippen LogP contribution is -2.46. The van der Waals surface area contributed by atoms with Crippen LogP contribution in [0.3, 0.4) is 0 Å². The molecule has 2 fully saturated rings. The van der Waals surface area contributed by atoms with Gasteiger partial charge in [-0.05, 0) is 31.6 Å². The highest BCUT2D eigenvalue weighted by molar-refractivity contribution is 14.0. The summed E-state index contributed by atoms with van der Waals surface area (Å²) in [6, 6.07) is 1.34. The molecule has 1 aliphatic heterocycles. The Morgan fingerprint density at radius 3 is 2.64 bits per heavy atom. The van der Waals surface area contributed by atoms with Gasteiger partial charge in [0.05, 0.1) is 12.2 Å². The molecule has 1 saturated carbocycles. The average molecular weight is 477 g/mol. The number of rotatable bonds is 5. The van der Waals surface area contributed by atoms with Crippen molar-refractivity contribution in [3.05, 3.63) is 15.6 Å². The summed E-state index contributed by atoms with van der Waals surface area (Å²) in [7, 11) is 1.85. The van der Waals surface area contributed by atoms with Crippen LogP contribution in [0.5, 0.6) is 0 Å². The van der Waals surface area contributed by atoms with Gasteiger partial charge in [-0.25, -0.2) is 4.98 Å². The molecule has 2 heterocycles. The molecule has 2 atom stereocenters. The third-order valence-electron chi connectivity index (χ3n) is 5.08. The molecule has 5 nitrogen and oxygen atoms in total. The van der Waals surface area contributed by atoms with Crippen LogP contribution in [0.1, 0.15) is 55.1 Å². The number of guanidine groups is 1. The smallest absolute Gasteiger partial charge is 0.191 e. The average Bonchev–Trinajstić information content (AvgIpc) is 3.23. The molecule has 0 amide bonds. The van der Waals surface area contributed by atoms with Crippen molar-refractivity contribution in [2.45, 2.75) is 65.1 Å². The lowest BCUT2D eigenvalue weighted by molar-refractivity contribution is 0.315. The number of aliphatic imine (C=N–C) groups is 1. The number of aryl methyl sites for hydroxylation is 1. The summed E-state index contributed by atoms with van der Waals surface area (Å²) in [5.74, 6) is 2.04. The molecule has 0 aromatic carbocycles. The number of halogens is 1. The zero-order valence-corrected chi connectivity index (χ0v) is 19.1. The molecule has 0 spiro atoms. The first kappa shape index (κ1) is 20.9. The lowest BCUT2D eigenvalue weighted by atomic mass is 10.1. The number of nitrogens with one attached hydrogen (secondary N) is 2. The lowest BCUT2D eigenvalue weighted by Gasteiger charge is -2.20. The maximum atomic E-state index is 4.77. The van der Waals surface area contributed by atoms with Crippen LogP contribution >= 0.6 is 35.3 Å². The molecule has 142 valence electrons. The van der Waals surface area contributed by atoms with Crippen molar-refractivity contribution in [3.8, 4) is 0 Å². The summed E-state index contributed by atoms with van der Waals surface area (Å²) in [4.78, 5) is 13.1. The fraction of sp³-hybridized carbons (Fsp3) is 0.778. The Labute approximate surface area is 173 Å². The van der Waals surface area contributed by atoms with Gasteiger partial charge in [-0.15, -0.1) is 35.3 Å². The molecule has 2 aliphatic rings. The number of hydrogen-bond donors (Lipinski definition) is 2. The minimum absolute atomic E-state index is 0. The van der Waals surface area contributed by atoms with E-state index < -0.39 is 0 Å². The van der Waals surface area contributed by atoms with Crippen molar-refractivity contribution in [1.82, 2.24) is 20.5 Å². The Morgan fingerprint density at radius 1 is 1.36 bits per heavy atom. The Morgan fingerprint density at radius 2 is 2.08 bits per heavy atom. The second kappa shape index (κ2) is 8.99.